The highest BCUT2D eigenvalue weighted by molar-refractivity contribution is 6.34. The van der Waals surface area contributed by atoms with E-state index >= 15 is 0 Å². The van der Waals surface area contributed by atoms with Crippen LogP contribution < -0.4 is 4.74 Å². The molecule has 0 aliphatic heterocycles. The fraction of sp³-hybridized carbons (Fsp3) is 0.300. The van der Waals surface area contributed by atoms with Crippen LogP contribution in [0.15, 0.2) is 18.2 Å². The fourth-order valence-electron chi connectivity index (χ4n) is 1.08. The van der Waals surface area contributed by atoms with Gasteiger partial charge in [0.2, 0.25) is 0 Å². The molecule has 0 bridgehead atoms. The number of ketones is 1. The van der Waals surface area contributed by atoms with Gasteiger partial charge in [0.25, 0.3) is 0 Å². The van der Waals surface area contributed by atoms with Gasteiger partial charge >= 0.3 is 6.61 Å². The summed E-state index contributed by atoms with van der Waals surface area (Å²) in [7, 11) is 0. The van der Waals surface area contributed by atoms with Crippen LogP contribution in [0.2, 0.25) is 5.02 Å². The molecule has 0 unspecified atom stereocenters. The molecule has 5 heteroatoms. The van der Waals surface area contributed by atoms with Crippen LogP contribution in [0.3, 0.4) is 0 Å². The summed E-state index contributed by atoms with van der Waals surface area (Å²) in [5.41, 5.74) is 0.206. The van der Waals surface area contributed by atoms with Gasteiger partial charge in [-0.25, -0.2) is 0 Å². The molecule has 0 amide bonds. The normalized spacial score (nSPS) is 10.5. The Labute approximate surface area is 90.8 Å². The van der Waals surface area contributed by atoms with Gasteiger partial charge < -0.3 is 4.74 Å². The maximum absolute atomic E-state index is 11.9. The van der Waals surface area contributed by atoms with E-state index in [-0.39, 0.29) is 28.5 Å². The maximum Gasteiger partial charge on any atom is 0.387 e. The third-order valence-corrected chi connectivity index (χ3v) is 2.11. The summed E-state index contributed by atoms with van der Waals surface area (Å²) in [5.74, 6) is -0.272. The molecule has 0 fully saturated rings. The van der Waals surface area contributed by atoms with E-state index in [4.69, 9.17) is 11.6 Å². The van der Waals surface area contributed by atoms with Crippen LogP contribution in [0.25, 0.3) is 0 Å². The molecule has 0 saturated carbocycles. The number of hydrogen-bond acceptors (Lipinski definition) is 2. The SMILES string of the molecule is CCC(=O)c1cc(OC(F)F)ccc1Cl. The summed E-state index contributed by atoms with van der Waals surface area (Å²) in [4.78, 5) is 11.3. The lowest BCUT2D eigenvalue weighted by Crippen LogP contribution is -2.04. The molecule has 0 heterocycles. The molecule has 0 aromatic heterocycles. The van der Waals surface area contributed by atoms with E-state index in [0.29, 0.717) is 0 Å². The van der Waals surface area contributed by atoms with Crippen molar-refractivity contribution in [3.8, 4) is 5.75 Å². The van der Waals surface area contributed by atoms with Crippen molar-refractivity contribution >= 4 is 17.4 Å². The van der Waals surface area contributed by atoms with Crippen molar-refractivity contribution in [2.75, 3.05) is 0 Å². The van der Waals surface area contributed by atoms with Gasteiger partial charge in [-0.15, -0.1) is 0 Å². The number of ether oxygens (including phenoxy) is 1. The van der Waals surface area contributed by atoms with Gasteiger partial charge in [-0.1, -0.05) is 18.5 Å². The minimum Gasteiger partial charge on any atom is -0.435 e. The van der Waals surface area contributed by atoms with Crippen molar-refractivity contribution in [1.29, 1.82) is 0 Å². The summed E-state index contributed by atoms with van der Waals surface area (Å²) >= 11 is 5.74. The summed E-state index contributed by atoms with van der Waals surface area (Å²) < 4.78 is 28.0. The largest absolute Gasteiger partial charge is 0.435 e. The number of Topliss-reactive ketones (excluding diaryl/α,β-unsaturated/α-hetero) is 1. The Hall–Kier alpha value is -1.16. The molecule has 1 rings (SSSR count). The zero-order chi connectivity index (χ0) is 11.4. The van der Waals surface area contributed by atoms with E-state index in [0.717, 1.165) is 0 Å². The number of alkyl halides is 2. The Bertz CT molecular complexity index is 366. The first-order valence-corrected chi connectivity index (χ1v) is 4.70. The number of carbonyl (C=O) groups excluding carboxylic acids is 1. The van der Waals surface area contributed by atoms with Gasteiger partial charge in [-0.3, -0.25) is 4.79 Å². The summed E-state index contributed by atoms with van der Waals surface area (Å²) in [6.45, 7) is -1.24. The minimum absolute atomic E-state index is 0.0637. The number of benzene rings is 1. The predicted octanol–water partition coefficient (Wildman–Crippen LogP) is 3.53. The monoisotopic (exact) mass is 234 g/mol. The van der Waals surface area contributed by atoms with Gasteiger partial charge in [0.15, 0.2) is 5.78 Å². The van der Waals surface area contributed by atoms with Crippen molar-refractivity contribution in [2.45, 2.75) is 20.0 Å². The van der Waals surface area contributed by atoms with Crippen molar-refractivity contribution in [3.63, 3.8) is 0 Å². The second-order valence-corrected chi connectivity index (χ2v) is 3.20. The first-order valence-electron chi connectivity index (χ1n) is 4.32. The van der Waals surface area contributed by atoms with E-state index in [2.05, 4.69) is 4.74 Å². The van der Waals surface area contributed by atoms with Crippen molar-refractivity contribution in [2.24, 2.45) is 0 Å². The number of carbonyl (C=O) groups is 1. The number of rotatable bonds is 4. The molecule has 15 heavy (non-hydrogen) atoms. The first-order chi connectivity index (χ1) is 7.04. The van der Waals surface area contributed by atoms with Crippen LogP contribution in [0.4, 0.5) is 8.78 Å². The maximum atomic E-state index is 11.9. The van der Waals surface area contributed by atoms with E-state index in [1.165, 1.54) is 18.2 Å². The van der Waals surface area contributed by atoms with Gasteiger partial charge in [0, 0.05) is 12.0 Å². The fourth-order valence-corrected chi connectivity index (χ4v) is 1.31. The summed E-state index contributed by atoms with van der Waals surface area (Å²) in [6, 6.07) is 3.88. The van der Waals surface area contributed by atoms with Crippen LogP contribution in [0.5, 0.6) is 5.75 Å². The molecule has 0 aliphatic carbocycles. The molecule has 0 saturated heterocycles. The minimum atomic E-state index is -2.91. The summed E-state index contributed by atoms with van der Waals surface area (Å²) in [6.07, 6.45) is 0.262. The van der Waals surface area contributed by atoms with Crippen molar-refractivity contribution in [3.05, 3.63) is 28.8 Å². The van der Waals surface area contributed by atoms with Crippen LogP contribution in [0.1, 0.15) is 23.7 Å². The molecular formula is C10H9ClF2O2. The number of halogens is 3. The Morgan fingerprint density at radius 3 is 2.73 bits per heavy atom. The Morgan fingerprint density at radius 1 is 1.53 bits per heavy atom. The van der Waals surface area contributed by atoms with Gasteiger partial charge in [-0.2, -0.15) is 8.78 Å². The van der Waals surface area contributed by atoms with Crippen LogP contribution in [-0.4, -0.2) is 12.4 Å². The second kappa shape index (κ2) is 5.07. The quantitative estimate of drug-likeness (QED) is 0.745. The first kappa shape index (κ1) is 11.9. The zero-order valence-corrected chi connectivity index (χ0v) is 8.72. The molecule has 0 atom stereocenters. The highest BCUT2D eigenvalue weighted by Gasteiger charge is 2.11. The Balaban J connectivity index is 3.00. The van der Waals surface area contributed by atoms with Gasteiger partial charge in [0.05, 0.1) is 5.02 Å². The highest BCUT2D eigenvalue weighted by Crippen LogP contribution is 2.24. The Kier molecular flexibility index (Phi) is 4.03. The molecule has 0 spiro atoms. The summed E-state index contributed by atoms with van der Waals surface area (Å²) in [5, 5.41) is 0.239. The van der Waals surface area contributed by atoms with Gasteiger partial charge in [-0.05, 0) is 18.2 Å². The molecule has 0 radical (unpaired) electrons. The Morgan fingerprint density at radius 2 is 2.20 bits per heavy atom. The van der Waals surface area contributed by atoms with Crippen molar-refractivity contribution in [1.82, 2.24) is 0 Å². The highest BCUT2D eigenvalue weighted by atomic mass is 35.5. The molecule has 0 N–H and O–H groups in total. The van der Waals surface area contributed by atoms with Crippen LogP contribution in [0, 0.1) is 0 Å². The van der Waals surface area contributed by atoms with Crippen LogP contribution in [-0.2, 0) is 0 Å². The number of hydrogen-bond donors (Lipinski definition) is 0. The van der Waals surface area contributed by atoms with E-state index in [9.17, 15) is 13.6 Å². The molecular weight excluding hydrogens is 226 g/mol. The standard InChI is InChI=1S/C10H9ClF2O2/c1-2-9(14)7-5-6(15-10(12)13)3-4-8(7)11/h3-5,10H,2H2,1H3. The average molecular weight is 235 g/mol. The molecule has 1 aromatic carbocycles. The lowest BCUT2D eigenvalue weighted by molar-refractivity contribution is -0.0498. The zero-order valence-electron chi connectivity index (χ0n) is 7.97. The lowest BCUT2D eigenvalue weighted by Gasteiger charge is -2.07. The predicted molar refractivity (Wildman–Crippen MR) is 52.7 cm³/mol. The second-order valence-electron chi connectivity index (χ2n) is 2.80. The lowest BCUT2D eigenvalue weighted by atomic mass is 10.1. The molecule has 2 nitrogen and oxygen atoms in total. The smallest absolute Gasteiger partial charge is 0.387 e. The van der Waals surface area contributed by atoms with Gasteiger partial charge in [0.1, 0.15) is 5.75 Å². The molecule has 1 aromatic rings. The molecule has 0 aliphatic rings. The topological polar surface area (TPSA) is 26.3 Å². The van der Waals surface area contributed by atoms with Crippen LogP contribution >= 0.6 is 11.6 Å². The van der Waals surface area contributed by atoms with Crippen molar-refractivity contribution < 1.29 is 18.3 Å². The van der Waals surface area contributed by atoms with E-state index in [1.807, 2.05) is 0 Å². The van der Waals surface area contributed by atoms with E-state index < -0.39 is 6.61 Å². The third kappa shape index (κ3) is 3.16. The third-order valence-electron chi connectivity index (χ3n) is 1.78. The average Bonchev–Trinajstić information content (AvgIpc) is 2.19. The van der Waals surface area contributed by atoms with E-state index in [1.54, 1.807) is 6.92 Å². The molecule has 82 valence electrons.